The van der Waals surface area contributed by atoms with Crippen LogP contribution in [0.3, 0.4) is 0 Å². The second-order valence-electron chi connectivity index (χ2n) is 6.46. The number of rotatable bonds is 5. The zero-order chi connectivity index (χ0) is 18.1. The van der Waals surface area contributed by atoms with Gasteiger partial charge >= 0.3 is 0 Å². The number of hydrogen-bond donors (Lipinski definition) is 1. The first-order valence-electron chi connectivity index (χ1n) is 8.54. The van der Waals surface area contributed by atoms with Crippen molar-refractivity contribution in [2.75, 3.05) is 17.6 Å². The molecule has 1 aliphatic heterocycles. The van der Waals surface area contributed by atoms with Gasteiger partial charge in [0.15, 0.2) is 5.13 Å². The largest absolute Gasteiger partial charge is 0.336 e. The van der Waals surface area contributed by atoms with Gasteiger partial charge in [-0.2, -0.15) is 0 Å². The van der Waals surface area contributed by atoms with Crippen LogP contribution in [0.1, 0.15) is 23.4 Å². The Morgan fingerprint density at radius 2 is 2.08 bits per heavy atom. The predicted octanol–water partition coefficient (Wildman–Crippen LogP) is 3.31. The summed E-state index contributed by atoms with van der Waals surface area (Å²) in [5.41, 5.74) is 0.983. The first-order valence-corrected chi connectivity index (χ1v) is 10.3. The third-order valence-electron chi connectivity index (χ3n) is 4.44. The van der Waals surface area contributed by atoms with Crippen LogP contribution in [0.5, 0.6) is 0 Å². The third-order valence-corrected chi connectivity index (χ3v) is 6.43. The number of thiazole rings is 1. The van der Waals surface area contributed by atoms with Gasteiger partial charge in [0.05, 0.1) is 18.0 Å². The van der Waals surface area contributed by atoms with E-state index in [2.05, 4.69) is 10.3 Å². The number of amides is 2. The molecule has 2 aliphatic rings. The summed E-state index contributed by atoms with van der Waals surface area (Å²) in [6, 6.07) is 6.16. The number of aromatic nitrogens is 1. The smallest absolute Gasteiger partial charge is 0.233 e. The van der Waals surface area contributed by atoms with Gasteiger partial charge in [-0.15, -0.1) is 11.8 Å². The molecular formula is C18H18FN3O2S2. The molecule has 26 heavy (non-hydrogen) atoms. The van der Waals surface area contributed by atoms with E-state index < -0.39 is 0 Å². The van der Waals surface area contributed by atoms with Gasteiger partial charge in [-0.25, -0.2) is 9.37 Å². The van der Waals surface area contributed by atoms with E-state index in [1.165, 1.54) is 35.2 Å². The highest BCUT2D eigenvalue weighted by atomic mass is 32.2. The fourth-order valence-electron chi connectivity index (χ4n) is 2.78. The van der Waals surface area contributed by atoms with Crippen LogP contribution in [-0.4, -0.2) is 34.0 Å². The van der Waals surface area contributed by atoms with Gasteiger partial charge in [0.1, 0.15) is 5.82 Å². The Bertz CT molecular complexity index is 833. The van der Waals surface area contributed by atoms with Crippen LogP contribution in [0.15, 0.2) is 29.2 Å². The SMILES string of the molecule is O=C(Nc1nc2c(s1)CN(C(=O)CSc1ccc(F)cc1)CC2)C1CC1. The Balaban J connectivity index is 1.33. The molecule has 2 heterocycles. The molecule has 1 aromatic heterocycles. The highest BCUT2D eigenvalue weighted by molar-refractivity contribution is 8.00. The van der Waals surface area contributed by atoms with E-state index in [4.69, 9.17) is 0 Å². The number of thioether (sulfide) groups is 1. The number of carbonyl (C=O) groups excluding carboxylic acids is 2. The first-order chi connectivity index (χ1) is 12.6. The van der Waals surface area contributed by atoms with Crippen molar-refractivity contribution in [1.82, 2.24) is 9.88 Å². The van der Waals surface area contributed by atoms with E-state index >= 15 is 0 Å². The van der Waals surface area contributed by atoms with Gasteiger partial charge in [-0.05, 0) is 37.1 Å². The van der Waals surface area contributed by atoms with Crippen molar-refractivity contribution in [3.63, 3.8) is 0 Å². The molecule has 1 N–H and O–H groups in total. The summed E-state index contributed by atoms with van der Waals surface area (Å²) in [5, 5.41) is 3.53. The zero-order valence-electron chi connectivity index (χ0n) is 14.0. The Labute approximate surface area is 159 Å². The van der Waals surface area contributed by atoms with Crippen molar-refractivity contribution in [3.05, 3.63) is 40.7 Å². The summed E-state index contributed by atoms with van der Waals surface area (Å²) in [4.78, 5) is 32.6. The molecule has 0 unspecified atom stereocenters. The Morgan fingerprint density at radius 3 is 2.81 bits per heavy atom. The Hall–Kier alpha value is -1.93. The minimum atomic E-state index is -0.279. The molecule has 1 aliphatic carbocycles. The third kappa shape index (κ3) is 4.07. The molecule has 2 aromatic rings. The van der Waals surface area contributed by atoms with Crippen LogP contribution >= 0.6 is 23.1 Å². The summed E-state index contributed by atoms with van der Waals surface area (Å²) < 4.78 is 12.9. The lowest BCUT2D eigenvalue weighted by Gasteiger charge is -2.26. The standard InChI is InChI=1S/C18H18FN3O2S2/c19-12-3-5-13(6-4-12)25-10-16(23)22-8-7-14-15(9-22)26-18(20-14)21-17(24)11-1-2-11/h3-6,11H,1-2,7-10H2,(H,20,21,24). The fourth-order valence-corrected chi connectivity index (χ4v) is 4.61. The van der Waals surface area contributed by atoms with Crippen molar-refractivity contribution >= 4 is 40.0 Å². The molecular weight excluding hydrogens is 373 g/mol. The van der Waals surface area contributed by atoms with Crippen LogP contribution in [0.25, 0.3) is 0 Å². The number of fused-ring (bicyclic) bond motifs is 1. The van der Waals surface area contributed by atoms with Crippen LogP contribution in [0.2, 0.25) is 0 Å². The van der Waals surface area contributed by atoms with E-state index in [0.717, 1.165) is 28.3 Å². The lowest BCUT2D eigenvalue weighted by molar-refractivity contribution is -0.129. The second-order valence-corrected chi connectivity index (χ2v) is 8.59. The summed E-state index contributed by atoms with van der Waals surface area (Å²) >= 11 is 2.87. The maximum absolute atomic E-state index is 12.9. The molecule has 1 aromatic carbocycles. The average Bonchev–Trinajstić information content (AvgIpc) is 3.41. The maximum atomic E-state index is 12.9. The molecule has 0 spiro atoms. The Morgan fingerprint density at radius 1 is 1.31 bits per heavy atom. The maximum Gasteiger partial charge on any atom is 0.233 e. The van der Waals surface area contributed by atoms with Gasteiger partial charge in [0, 0.05) is 28.7 Å². The lowest BCUT2D eigenvalue weighted by atomic mass is 10.2. The number of anilines is 1. The predicted molar refractivity (Wildman–Crippen MR) is 99.7 cm³/mol. The first kappa shape index (κ1) is 17.5. The van der Waals surface area contributed by atoms with Gasteiger partial charge in [0.25, 0.3) is 0 Å². The summed E-state index contributed by atoms with van der Waals surface area (Å²) in [5.74, 6) is 0.309. The number of benzene rings is 1. The fraction of sp³-hybridized carbons (Fsp3) is 0.389. The van der Waals surface area contributed by atoms with E-state index in [-0.39, 0.29) is 23.5 Å². The van der Waals surface area contributed by atoms with E-state index in [9.17, 15) is 14.0 Å². The van der Waals surface area contributed by atoms with E-state index in [1.54, 1.807) is 12.1 Å². The van der Waals surface area contributed by atoms with Gasteiger partial charge in [-0.3, -0.25) is 9.59 Å². The molecule has 1 saturated carbocycles. The molecule has 4 rings (SSSR count). The minimum absolute atomic E-state index is 0.0553. The van der Waals surface area contributed by atoms with E-state index in [0.29, 0.717) is 30.4 Å². The normalized spacial score (nSPS) is 16.3. The molecule has 8 heteroatoms. The molecule has 0 bridgehead atoms. The molecule has 136 valence electrons. The highest BCUT2D eigenvalue weighted by Gasteiger charge is 2.31. The summed E-state index contributed by atoms with van der Waals surface area (Å²) in [6.07, 6.45) is 2.63. The molecule has 5 nitrogen and oxygen atoms in total. The molecule has 0 radical (unpaired) electrons. The van der Waals surface area contributed by atoms with Crippen LogP contribution in [0, 0.1) is 11.7 Å². The number of hydrogen-bond acceptors (Lipinski definition) is 5. The number of halogens is 1. The summed E-state index contributed by atoms with van der Waals surface area (Å²) in [6.45, 7) is 1.17. The van der Waals surface area contributed by atoms with Crippen molar-refractivity contribution in [2.24, 2.45) is 5.92 Å². The molecule has 1 fully saturated rings. The van der Waals surface area contributed by atoms with Crippen molar-refractivity contribution < 1.29 is 14.0 Å². The van der Waals surface area contributed by atoms with Gasteiger partial charge in [0.2, 0.25) is 11.8 Å². The van der Waals surface area contributed by atoms with Gasteiger partial charge in [-0.1, -0.05) is 11.3 Å². The van der Waals surface area contributed by atoms with Crippen LogP contribution < -0.4 is 5.32 Å². The monoisotopic (exact) mass is 391 g/mol. The highest BCUT2D eigenvalue weighted by Crippen LogP contribution is 2.33. The average molecular weight is 391 g/mol. The number of nitrogens with zero attached hydrogens (tertiary/aromatic N) is 2. The van der Waals surface area contributed by atoms with E-state index in [1.807, 2.05) is 4.90 Å². The minimum Gasteiger partial charge on any atom is -0.336 e. The van der Waals surface area contributed by atoms with Crippen molar-refractivity contribution in [3.8, 4) is 0 Å². The molecule has 0 atom stereocenters. The van der Waals surface area contributed by atoms with Crippen molar-refractivity contribution in [2.45, 2.75) is 30.7 Å². The number of carbonyl (C=O) groups is 2. The molecule has 2 amide bonds. The number of nitrogens with one attached hydrogen (secondary N) is 1. The lowest BCUT2D eigenvalue weighted by Crippen LogP contribution is -2.36. The second kappa shape index (κ2) is 7.36. The molecule has 0 saturated heterocycles. The van der Waals surface area contributed by atoms with Crippen molar-refractivity contribution in [1.29, 1.82) is 0 Å². The quantitative estimate of drug-likeness (QED) is 0.795. The van der Waals surface area contributed by atoms with Crippen LogP contribution in [-0.2, 0) is 22.6 Å². The van der Waals surface area contributed by atoms with Gasteiger partial charge < -0.3 is 10.2 Å². The summed E-state index contributed by atoms with van der Waals surface area (Å²) in [7, 11) is 0. The zero-order valence-corrected chi connectivity index (χ0v) is 15.7. The topological polar surface area (TPSA) is 62.3 Å². The Kier molecular flexibility index (Phi) is 4.95. The van der Waals surface area contributed by atoms with Crippen LogP contribution in [0.4, 0.5) is 9.52 Å².